The van der Waals surface area contributed by atoms with Crippen molar-refractivity contribution in [2.75, 3.05) is 6.61 Å². The van der Waals surface area contributed by atoms with Gasteiger partial charge in [0.25, 0.3) is 0 Å². The number of rotatable bonds is 1. The van der Waals surface area contributed by atoms with Crippen molar-refractivity contribution in [1.82, 2.24) is 0 Å². The van der Waals surface area contributed by atoms with Gasteiger partial charge >= 0.3 is 5.97 Å². The minimum Gasteiger partial charge on any atom is -0.451 e. The van der Waals surface area contributed by atoms with E-state index in [9.17, 15) is 15.0 Å². The summed E-state index contributed by atoms with van der Waals surface area (Å²) in [6, 6.07) is 0. The highest BCUT2D eigenvalue weighted by molar-refractivity contribution is 5.92. The standard InChI is InChI=1S/C10H14O5/c1-10(14)3-2-5-6(4-11)9(13)15-7(5)8(10)12/h7-8,11-12,14H,2-4H2,1H3/t7-,8+,10-/m0/s1. The van der Waals surface area contributed by atoms with Crippen molar-refractivity contribution in [3.63, 3.8) is 0 Å². The van der Waals surface area contributed by atoms with Crippen molar-refractivity contribution >= 4 is 5.97 Å². The largest absolute Gasteiger partial charge is 0.451 e. The Balaban J connectivity index is 2.34. The van der Waals surface area contributed by atoms with Crippen LogP contribution in [0.3, 0.4) is 0 Å². The zero-order valence-electron chi connectivity index (χ0n) is 8.43. The zero-order chi connectivity index (χ0) is 11.2. The van der Waals surface area contributed by atoms with E-state index < -0.39 is 23.8 Å². The van der Waals surface area contributed by atoms with E-state index in [-0.39, 0.29) is 12.2 Å². The second kappa shape index (κ2) is 3.30. The molecule has 0 aromatic carbocycles. The maximum atomic E-state index is 11.3. The molecule has 5 nitrogen and oxygen atoms in total. The minimum atomic E-state index is -1.24. The second-order valence-corrected chi connectivity index (χ2v) is 4.29. The Kier molecular flexibility index (Phi) is 2.33. The molecule has 0 radical (unpaired) electrons. The van der Waals surface area contributed by atoms with Gasteiger partial charge in [0, 0.05) is 0 Å². The molecule has 0 bridgehead atoms. The van der Waals surface area contributed by atoms with Gasteiger partial charge in [-0.2, -0.15) is 0 Å². The lowest BCUT2D eigenvalue weighted by Crippen LogP contribution is -2.51. The van der Waals surface area contributed by atoms with Crippen LogP contribution in [-0.2, 0) is 9.53 Å². The number of esters is 1. The minimum absolute atomic E-state index is 0.231. The molecule has 1 fully saturated rings. The van der Waals surface area contributed by atoms with Gasteiger partial charge < -0.3 is 20.1 Å². The van der Waals surface area contributed by atoms with E-state index >= 15 is 0 Å². The molecule has 0 unspecified atom stereocenters. The van der Waals surface area contributed by atoms with Crippen LogP contribution in [0.1, 0.15) is 19.8 Å². The Labute approximate surface area is 87.0 Å². The van der Waals surface area contributed by atoms with Crippen LogP contribution in [0.2, 0.25) is 0 Å². The van der Waals surface area contributed by atoms with Crippen LogP contribution in [0.25, 0.3) is 0 Å². The average molecular weight is 214 g/mol. The molecule has 1 heterocycles. The fourth-order valence-electron chi connectivity index (χ4n) is 2.14. The van der Waals surface area contributed by atoms with E-state index in [0.29, 0.717) is 18.4 Å². The van der Waals surface area contributed by atoms with Crippen LogP contribution in [0.15, 0.2) is 11.1 Å². The zero-order valence-corrected chi connectivity index (χ0v) is 8.43. The molecule has 84 valence electrons. The van der Waals surface area contributed by atoms with E-state index in [0.717, 1.165) is 0 Å². The quantitative estimate of drug-likeness (QED) is 0.493. The predicted molar refractivity (Wildman–Crippen MR) is 49.9 cm³/mol. The van der Waals surface area contributed by atoms with Crippen molar-refractivity contribution in [3.05, 3.63) is 11.1 Å². The van der Waals surface area contributed by atoms with Crippen molar-refractivity contribution in [1.29, 1.82) is 0 Å². The number of fused-ring (bicyclic) bond motifs is 1. The Hall–Kier alpha value is -0.910. The molecule has 5 heteroatoms. The summed E-state index contributed by atoms with van der Waals surface area (Å²) < 4.78 is 4.93. The first kappa shape index (κ1) is 10.6. The summed E-state index contributed by atoms with van der Waals surface area (Å²) in [7, 11) is 0. The number of aliphatic hydroxyl groups is 3. The molecular weight excluding hydrogens is 200 g/mol. The maximum absolute atomic E-state index is 11.3. The summed E-state index contributed by atoms with van der Waals surface area (Å²) in [5.74, 6) is -0.589. The molecule has 2 aliphatic rings. The van der Waals surface area contributed by atoms with Crippen LogP contribution in [-0.4, -0.2) is 45.7 Å². The van der Waals surface area contributed by atoms with E-state index in [2.05, 4.69) is 0 Å². The van der Waals surface area contributed by atoms with Crippen molar-refractivity contribution in [2.45, 2.75) is 37.6 Å². The van der Waals surface area contributed by atoms with E-state index in [4.69, 9.17) is 9.84 Å². The third kappa shape index (κ3) is 1.47. The third-order valence-corrected chi connectivity index (χ3v) is 3.19. The van der Waals surface area contributed by atoms with E-state index in [1.54, 1.807) is 0 Å². The molecule has 0 aromatic rings. The topological polar surface area (TPSA) is 87.0 Å². The molecule has 0 amide bonds. The highest BCUT2D eigenvalue weighted by atomic mass is 16.6. The SMILES string of the molecule is C[C@]1(O)CCC2=C(CO)C(=O)O[C@@H]2[C@H]1O. The smallest absolute Gasteiger partial charge is 0.337 e. The first-order valence-corrected chi connectivity index (χ1v) is 4.91. The van der Waals surface area contributed by atoms with Crippen molar-refractivity contribution in [2.24, 2.45) is 0 Å². The predicted octanol–water partition coefficient (Wildman–Crippen LogP) is -0.894. The Morgan fingerprint density at radius 1 is 1.60 bits per heavy atom. The first-order valence-electron chi connectivity index (χ1n) is 4.91. The first-order chi connectivity index (χ1) is 6.97. The Morgan fingerprint density at radius 2 is 2.27 bits per heavy atom. The van der Waals surface area contributed by atoms with Crippen LogP contribution in [0.4, 0.5) is 0 Å². The van der Waals surface area contributed by atoms with Crippen molar-refractivity contribution < 1.29 is 24.9 Å². The molecule has 0 spiro atoms. The maximum Gasteiger partial charge on any atom is 0.337 e. The van der Waals surface area contributed by atoms with Gasteiger partial charge in [0.2, 0.25) is 0 Å². The van der Waals surface area contributed by atoms with Gasteiger partial charge in [-0.25, -0.2) is 4.79 Å². The van der Waals surface area contributed by atoms with Gasteiger partial charge in [-0.15, -0.1) is 0 Å². The number of hydrogen-bond donors (Lipinski definition) is 3. The molecular formula is C10H14O5. The summed E-state index contributed by atoms with van der Waals surface area (Å²) >= 11 is 0. The van der Waals surface area contributed by atoms with Gasteiger partial charge in [-0.3, -0.25) is 0 Å². The van der Waals surface area contributed by atoms with Crippen LogP contribution >= 0.6 is 0 Å². The number of hydrogen-bond acceptors (Lipinski definition) is 5. The fraction of sp³-hybridized carbons (Fsp3) is 0.700. The average Bonchev–Trinajstić information content (AvgIpc) is 2.49. The molecule has 3 atom stereocenters. The van der Waals surface area contributed by atoms with Gasteiger partial charge in [0.1, 0.15) is 6.10 Å². The molecule has 3 N–H and O–H groups in total. The molecule has 1 aliphatic heterocycles. The number of carbonyl (C=O) groups is 1. The summed E-state index contributed by atoms with van der Waals surface area (Å²) in [5.41, 5.74) is -0.379. The molecule has 1 aliphatic carbocycles. The highest BCUT2D eigenvalue weighted by Crippen LogP contribution is 2.39. The molecule has 1 saturated carbocycles. The summed E-state index contributed by atoms with van der Waals surface area (Å²) in [6.07, 6.45) is -1.08. The van der Waals surface area contributed by atoms with Crippen LogP contribution in [0.5, 0.6) is 0 Å². The van der Waals surface area contributed by atoms with Crippen molar-refractivity contribution in [3.8, 4) is 0 Å². The number of ether oxygens (including phenoxy) is 1. The number of aliphatic hydroxyl groups excluding tert-OH is 2. The van der Waals surface area contributed by atoms with Gasteiger partial charge in [0.05, 0.1) is 17.8 Å². The van der Waals surface area contributed by atoms with E-state index in [1.165, 1.54) is 6.92 Å². The third-order valence-electron chi connectivity index (χ3n) is 3.19. The van der Waals surface area contributed by atoms with Gasteiger partial charge in [-0.05, 0) is 25.3 Å². The van der Waals surface area contributed by atoms with Gasteiger partial charge in [0.15, 0.2) is 6.10 Å². The molecule has 2 rings (SSSR count). The molecule has 15 heavy (non-hydrogen) atoms. The van der Waals surface area contributed by atoms with Crippen LogP contribution in [0, 0.1) is 0 Å². The Morgan fingerprint density at radius 3 is 2.87 bits per heavy atom. The van der Waals surface area contributed by atoms with Gasteiger partial charge in [-0.1, -0.05) is 0 Å². The lowest BCUT2D eigenvalue weighted by Gasteiger charge is -2.37. The van der Waals surface area contributed by atoms with Crippen LogP contribution < -0.4 is 0 Å². The normalized spacial score (nSPS) is 40.4. The lowest BCUT2D eigenvalue weighted by atomic mass is 9.78. The summed E-state index contributed by atoms with van der Waals surface area (Å²) in [6.45, 7) is 1.14. The number of carbonyl (C=O) groups excluding carboxylic acids is 1. The molecule has 0 saturated heterocycles. The highest BCUT2D eigenvalue weighted by Gasteiger charge is 2.49. The monoisotopic (exact) mass is 214 g/mol. The second-order valence-electron chi connectivity index (χ2n) is 4.29. The Bertz CT molecular complexity index is 331. The summed E-state index contributed by atoms with van der Waals surface area (Å²) in [4.78, 5) is 11.3. The summed E-state index contributed by atoms with van der Waals surface area (Å²) in [5, 5.41) is 28.6. The lowest BCUT2D eigenvalue weighted by molar-refractivity contribution is -0.159. The fourth-order valence-corrected chi connectivity index (χ4v) is 2.14. The van der Waals surface area contributed by atoms with E-state index in [1.807, 2.05) is 0 Å². The molecule has 0 aromatic heterocycles.